The van der Waals surface area contributed by atoms with E-state index in [0.29, 0.717) is 10.3 Å². The number of halogens is 1. The first-order valence-electron chi connectivity index (χ1n) is 2.88. The molecule has 0 saturated carbocycles. The van der Waals surface area contributed by atoms with Crippen molar-refractivity contribution in [2.24, 2.45) is 0 Å². The van der Waals surface area contributed by atoms with E-state index in [1.54, 1.807) is 19.0 Å². The number of alkyl halides is 1. The normalized spacial score (nSPS) is 12.9. The Bertz CT molecular complexity index is 101. The molecule has 0 rings (SSSR count). The maximum atomic E-state index is 10.9. The minimum Gasteiger partial charge on any atom is -0.349 e. The van der Waals surface area contributed by atoms with Crippen molar-refractivity contribution in [2.45, 2.75) is 17.3 Å². The maximum absolute atomic E-state index is 10.9. The minimum absolute atomic E-state index is 0.205. The zero-order valence-corrected chi connectivity index (χ0v) is 8.18. The second-order valence-corrected chi connectivity index (χ2v) is 4.40. The summed E-state index contributed by atoms with van der Waals surface area (Å²) in [5.74, 6) is 0.205. The Hall–Kier alpha value is 0.200. The second-order valence-electron chi connectivity index (χ2n) is 2.27. The molecule has 0 aliphatic carbocycles. The monoisotopic (exact) mass is 241 g/mol. The molecule has 0 heterocycles. The van der Waals surface area contributed by atoms with Crippen LogP contribution < -0.4 is 0 Å². The number of amides is 1. The fourth-order valence-corrected chi connectivity index (χ4v) is 0.800. The highest BCUT2D eigenvalue weighted by Crippen LogP contribution is 2.04. The van der Waals surface area contributed by atoms with Gasteiger partial charge in [-0.15, -0.1) is 0 Å². The highest BCUT2D eigenvalue weighted by Gasteiger charge is 2.06. The van der Waals surface area contributed by atoms with Crippen LogP contribution >= 0.6 is 22.6 Å². The van der Waals surface area contributed by atoms with Crippen LogP contribution in [0.15, 0.2) is 0 Å². The predicted molar refractivity (Wildman–Crippen MR) is 46.8 cm³/mol. The number of nitrogens with zero attached hydrogens (tertiary/aromatic N) is 1. The van der Waals surface area contributed by atoms with Crippen molar-refractivity contribution in [1.29, 1.82) is 0 Å². The Labute approximate surface area is 69.7 Å². The van der Waals surface area contributed by atoms with Gasteiger partial charge in [0, 0.05) is 24.4 Å². The third-order valence-corrected chi connectivity index (χ3v) is 1.40. The molecule has 2 nitrogen and oxygen atoms in total. The standard InChI is InChI=1S/C6H12INO/c1-5(7)4-6(9)8(2)3/h5H,4H2,1-3H3/t5-/m0/s1. The Morgan fingerprint density at radius 1 is 1.67 bits per heavy atom. The van der Waals surface area contributed by atoms with Crippen LogP contribution in [0.3, 0.4) is 0 Å². The molecule has 0 unspecified atom stereocenters. The molecule has 0 aromatic rings. The largest absolute Gasteiger partial charge is 0.349 e. The lowest BCUT2D eigenvalue weighted by atomic mass is 10.3. The topological polar surface area (TPSA) is 20.3 Å². The second kappa shape index (κ2) is 4.09. The molecule has 1 atom stereocenters. The number of rotatable bonds is 2. The lowest BCUT2D eigenvalue weighted by Crippen LogP contribution is -2.23. The van der Waals surface area contributed by atoms with Crippen molar-refractivity contribution in [3.05, 3.63) is 0 Å². The van der Waals surface area contributed by atoms with Crippen LogP contribution in [0.4, 0.5) is 0 Å². The molecule has 0 aromatic carbocycles. The molecule has 0 radical (unpaired) electrons. The summed E-state index contributed by atoms with van der Waals surface area (Å²) in [7, 11) is 3.56. The first-order chi connectivity index (χ1) is 4.04. The molecule has 9 heavy (non-hydrogen) atoms. The van der Waals surface area contributed by atoms with E-state index in [1.807, 2.05) is 6.92 Å². The third-order valence-electron chi connectivity index (χ3n) is 0.955. The van der Waals surface area contributed by atoms with Gasteiger partial charge in [0.15, 0.2) is 0 Å². The van der Waals surface area contributed by atoms with Crippen LogP contribution in [0.1, 0.15) is 13.3 Å². The van der Waals surface area contributed by atoms with Gasteiger partial charge in [-0.2, -0.15) is 0 Å². The van der Waals surface area contributed by atoms with Crippen molar-refractivity contribution in [3.63, 3.8) is 0 Å². The summed E-state index contributed by atoms with van der Waals surface area (Å²) >= 11 is 2.24. The highest BCUT2D eigenvalue weighted by atomic mass is 127. The third kappa shape index (κ3) is 4.69. The van der Waals surface area contributed by atoms with Gasteiger partial charge in [-0.1, -0.05) is 29.5 Å². The van der Waals surface area contributed by atoms with Gasteiger partial charge in [0.2, 0.25) is 5.91 Å². The van der Waals surface area contributed by atoms with Crippen molar-refractivity contribution in [3.8, 4) is 0 Å². The lowest BCUT2D eigenvalue weighted by Gasteiger charge is -2.10. The summed E-state index contributed by atoms with van der Waals surface area (Å²) in [5, 5.41) is 0. The number of hydrogen-bond acceptors (Lipinski definition) is 1. The van der Waals surface area contributed by atoms with E-state index in [2.05, 4.69) is 22.6 Å². The van der Waals surface area contributed by atoms with E-state index >= 15 is 0 Å². The summed E-state index contributed by atoms with van der Waals surface area (Å²) < 4.78 is 0.442. The maximum Gasteiger partial charge on any atom is 0.223 e. The van der Waals surface area contributed by atoms with Crippen molar-refractivity contribution < 1.29 is 4.79 Å². The summed E-state index contributed by atoms with van der Waals surface area (Å²) in [6, 6.07) is 0. The SMILES string of the molecule is C[C@H](I)CC(=O)N(C)C. The van der Waals surface area contributed by atoms with E-state index in [4.69, 9.17) is 0 Å². The first-order valence-corrected chi connectivity index (χ1v) is 4.13. The molecule has 0 spiro atoms. The van der Waals surface area contributed by atoms with Gasteiger partial charge in [-0.25, -0.2) is 0 Å². The van der Waals surface area contributed by atoms with Gasteiger partial charge in [0.1, 0.15) is 0 Å². The Balaban J connectivity index is 3.51. The Kier molecular flexibility index (Phi) is 4.18. The van der Waals surface area contributed by atoms with Crippen LogP contribution in [0.5, 0.6) is 0 Å². The molecule has 0 fully saturated rings. The summed E-state index contributed by atoms with van der Waals surface area (Å²) in [6.45, 7) is 2.03. The van der Waals surface area contributed by atoms with E-state index in [9.17, 15) is 4.79 Å². The molecule has 1 amide bonds. The van der Waals surface area contributed by atoms with Crippen molar-refractivity contribution in [1.82, 2.24) is 4.90 Å². The van der Waals surface area contributed by atoms with Gasteiger partial charge >= 0.3 is 0 Å². The van der Waals surface area contributed by atoms with E-state index in [1.165, 1.54) is 0 Å². The Morgan fingerprint density at radius 3 is 2.22 bits per heavy atom. The molecule has 0 bridgehead atoms. The van der Waals surface area contributed by atoms with Crippen LogP contribution in [0.25, 0.3) is 0 Å². The van der Waals surface area contributed by atoms with Gasteiger partial charge in [0.25, 0.3) is 0 Å². The molecular formula is C6H12INO. The van der Waals surface area contributed by atoms with Crippen LogP contribution in [-0.4, -0.2) is 28.8 Å². The zero-order valence-electron chi connectivity index (χ0n) is 6.02. The minimum atomic E-state index is 0.205. The molecule has 0 saturated heterocycles. The van der Waals surface area contributed by atoms with Crippen LogP contribution in [0.2, 0.25) is 0 Å². The van der Waals surface area contributed by atoms with Gasteiger partial charge in [-0.05, 0) is 0 Å². The van der Waals surface area contributed by atoms with E-state index in [0.717, 1.165) is 0 Å². The molecule has 3 heteroatoms. The van der Waals surface area contributed by atoms with Gasteiger partial charge in [0.05, 0.1) is 0 Å². The fraction of sp³-hybridized carbons (Fsp3) is 0.833. The fourth-order valence-electron chi connectivity index (χ4n) is 0.423. The van der Waals surface area contributed by atoms with Gasteiger partial charge in [-0.3, -0.25) is 4.79 Å². The molecule has 0 aliphatic rings. The number of carbonyl (C=O) groups is 1. The van der Waals surface area contributed by atoms with Crippen molar-refractivity contribution in [2.75, 3.05) is 14.1 Å². The average molecular weight is 241 g/mol. The van der Waals surface area contributed by atoms with Crippen LogP contribution in [0, 0.1) is 0 Å². The molecule has 0 aliphatic heterocycles. The van der Waals surface area contributed by atoms with Gasteiger partial charge < -0.3 is 4.90 Å². The molecular weight excluding hydrogens is 229 g/mol. The predicted octanol–water partition coefficient (Wildman–Crippen LogP) is 1.29. The molecule has 0 aromatic heterocycles. The summed E-state index contributed by atoms with van der Waals surface area (Å²) in [4.78, 5) is 12.5. The quantitative estimate of drug-likeness (QED) is 0.527. The number of hydrogen-bond donors (Lipinski definition) is 0. The Morgan fingerprint density at radius 2 is 2.11 bits per heavy atom. The summed E-state index contributed by atoms with van der Waals surface area (Å²) in [5.41, 5.74) is 0. The average Bonchev–Trinajstić information content (AvgIpc) is 1.63. The lowest BCUT2D eigenvalue weighted by molar-refractivity contribution is -0.128. The van der Waals surface area contributed by atoms with E-state index < -0.39 is 0 Å². The first kappa shape index (κ1) is 9.20. The summed E-state index contributed by atoms with van der Waals surface area (Å²) in [6.07, 6.45) is 0.646. The van der Waals surface area contributed by atoms with Crippen LogP contribution in [-0.2, 0) is 4.79 Å². The molecule has 0 N–H and O–H groups in total. The zero-order chi connectivity index (χ0) is 7.44. The smallest absolute Gasteiger partial charge is 0.223 e. The van der Waals surface area contributed by atoms with E-state index in [-0.39, 0.29) is 5.91 Å². The van der Waals surface area contributed by atoms with Crippen molar-refractivity contribution >= 4 is 28.5 Å². The highest BCUT2D eigenvalue weighted by molar-refractivity contribution is 14.1. The number of carbonyl (C=O) groups excluding carboxylic acids is 1. The molecule has 54 valence electrons.